The van der Waals surface area contributed by atoms with E-state index in [4.69, 9.17) is 23.2 Å². The number of rotatable bonds is 4. The lowest BCUT2D eigenvalue weighted by Gasteiger charge is -2.04. The minimum Gasteiger partial charge on any atom is -0.301 e. The average molecular weight is 369 g/mol. The molecule has 0 fully saturated rings. The third kappa shape index (κ3) is 3.73. The maximum absolute atomic E-state index is 12.0. The second-order valence-corrected chi connectivity index (χ2v) is 7.29. The summed E-state index contributed by atoms with van der Waals surface area (Å²) in [4.78, 5) is 17.2. The molecule has 112 valence electrons. The first-order valence-corrected chi connectivity index (χ1v) is 8.91. The molecule has 2 aromatic carbocycles. The van der Waals surface area contributed by atoms with E-state index < -0.39 is 0 Å². The van der Waals surface area contributed by atoms with Crippen LogP contribution in [0, 0.1) is 0 Å². The lowest BCUT2D eigenvalue weighted by molar-refractivity contribution is -0.113. The van der Waals surface area contributed by atoms with Gasteiger partial charge in [0.05, 0.1) is 21.0 Å². The molecule has 3 rings (SSSR count). The predicted molar refractivity (Wildman–Crippen MR) is 95.4 cm³/mol. The summed E-state index contributed by atoms with van der Waals surface area (Å²) >= 11 is 14.7. The van der Waals surface area contributed by atoms with Crippen LogP contribution in [0.3, 0.4) is 0 Å². The molecule has 0 atom stereocenters. The Hall–Kier alpha value is -1.27. The van der Waals surface area contributed by atoms with E-state index in [1.54, 1.807) is 18.2 Å². The molecule has 22 heavy (non-hydrogen) atoms. The molecule has 7 heteroatoms. The normalized spacial score (nSPS) is 10.8. The number of para-hydroxylation sites is 1. The second-order valence-electron chi connectivity index (χ2n) is 4.40. The molecular weight excluding hydrogens is 359 g/mol. The number of fused-ring (bicyclic) bond motifs is 1. The van der Waals surface area contributed by atoms with Crippen molar-refractivity contribution in [1.29, 1.82) is 0 Å². The van der Waals surface area contributed by atoms with Crippen LogP contribution >= 0.6 is 46.3 Å². The number of nitrogens with zero attached hydrogens (tertiary/aromatic N) is 1. The summed E-state index contributed by atoms with van der Waals surface area (Å²) < 4.78 is 1.05. The number of anilines is 1. The molecule has 1 amide bonds. The van der Waals surface area contributed by atoms with E-state index >= 15 is 0 Å². The van der Waals surface area contributed by atoms with Crippen LogP contribution in [0.15, 0.2) is 47.4 Å². The Morgan fingerprint density at radius 2 is 2.05 bits per heavy atom. The molecule has 0 saturated carbocycles. The van der Waals surface area contributed by atoms with Crippen molar-refractivity contribution in [2.75, 3.05) is 11.1 Å². The highest BCUT2D eigenvalue weighted by atomic mass is 35.5. The number of halogens is 2. The van der Waals surface area contributed by atoms with E-state index in [2.05, 4.69) is 10.3 Å². The summed E-state index contributed by atoms with van der Waals surface area (Å²) in [5.74, 6) is 0.146. The summed E-state index contributed by atoms with van der Waals surface area (Å²) in [7, 11) is 0. The molecule has 3 nitrogen and oxygen atoms in total. The van der Waals surface area contributed by atoms with Gasteiger partial charge in [0, 0.05) is 9.92 Å². The standard InChI is InChI=1S/C15H10Cl2N2OS2/c16-9-5-6-12(10(17)7-9)21-8-14(20)19-15-18-11-3-1-2-4-13(11)22-15/h1-7H,8H2,(H,18,19,20). The van der Waals surface area contributed by atoms with E-state index in [1.165, 1.54) is 23.1 Å². The fourth-order valence-corrected chi connectivity index (χ4v) is 3.99. The number of benzene rings is 2. The van der Waals surface area contributed by atoms with Gasteiger partial charge in [0.1, 0.15) is 0 Å². The molecule has 0 unspecified atom stereocenters. The van der Waals surface area contributed by atoms with Gasteiger partial charge in [0.15, 0.2) is 5.13 Å². The Kier molecular flexibility index (Phi) is 4.88. The Balaban J connectivity index is 1.62. The van der Waals surface area contributed by atoms with E-state index in [1.807, 2.05) is 24.3 Å². The lowest BCUT2D eigenvalue weighted by atomic mass is 10.3. The molecule has 0 spiro atoms. The van der Waals surface area contributed by atoms with Crippen LogP contribution in [0.25, 0.3) is 10.2 Å². The van der Waals surface area contributed by atoms with Gasteiger partial charge in [-0.25, -0.2) is 4.98 Å². The van der Waals surface area contributed by atoms with Crippen molar-refractivity contribution in [2.24, 2.45) is 0 Å². The summed E-state index contributed by atoms with van der Waals surface area (Å²) in [6.45, 7) is 0. The Bertz CT molecular complexity index is 802. The molecule has 0 aliphatic heterocycles. The number of aromatic nitrogens is 1. The van der Waals surface area contributed by atoms with Crippen molar-refractivity contribution in [3.8, 4) is 0 Å². The van der Waals surface area contributed by atoms with Crippen LogP contribution < -0.4 is 5.32 Å². The minimum atomic E-state index is -0.116. The molecule has 0 saturated heterocycles. The number of amides is 1. The van der Waals surface area contributed by atoms with Crippen LogP contribution in [-0.2, 0) is 4.79 Å². The van der Waals surface area contributed by atoms with E-state index in [0.29, 0.717) is 15.2 Å². The largest absolute Gasteiger partial charge is 0.301 e. The number of thiazole rings is 1. The van der Waals surface area contributed by atoms with Crippen LogP contribution in [0.5, 0.6) is 0 Å². The molecule has 1 heterocycles. The molecule has 0 bridgehead atoms. The van der Waals surface area contributed by atoms with Gasteiger partial charge in [-0.3, -0.25) is 4.79 Å². The Morgan fingerprint density at radius 3 is 2.82 bits per heavy atom. The quantitative estimate of drug-likeness (QED) is 0.632. The van der Waals surface area contributed by atoms with Gasteiger partial charge in [0.25, 0.3) is 0 Å². The molecule has 1 aromatic heterocycles. The number of carbonyl (C=O) groups is 1. The van der Waals surface area contributed by atoms with E-state index in [0.717, 1.165) is 15.1 Å². The van der Waals surface area contributed by atoms with Crippen molar-refractivity contribution < 1.29 is 4.79 Å². The first kappa shape index (κ1) is 15.6. The highest BCUT2D eigenvalue weighted by molar-refractivity contribution is 8.00. The van der Waals surface area contributed by atoms with Crippen molar-refractivity contribution in [3.05, 3.63) is 52.5 Å². The second kappa shape index (κ2) is 6.87. The Labute approximate surface area is 145 Å². The highest BCUT2D eigenvalue weighted by Gasteiger charge is 2.09. The molecular formula is C15H10Cl2N2OS2. The smallest absolute Gasteiger partial charge is 0.236 e. The van der Waals surface area contributed by atoms with Crippen molar-refractivity contribution >= 4 is 67.6 Å². The van der Waals surface area contributed by atoms with Gasteiger partial charge in [-0.2, -0.15) is 0 Å². The maximum Gasteiger partial charge on any atom is 0.236 e. The monoisotopic (exact) mass is 368 g/mol. The first-order chi connectivity index (χ1) is 10.6. The van der Waals surface area contributed by atoms with E-state index in [-0.39, 0.29) is 11.7 Å². The third-order valence-corrected chi connectivity index (χ3v) is 5.48. The van der Waals surface area contributed by atoms with Crippen molar-refractivity contribution in [3.63, 3.8) is 0 Å². The fourth-order valence-electron chi connectivity index (χ4n) is 1.82. The average Bonchev–Trinajstić information content (AvgIpc) is 2.88. The van der Waals surface area contributed by atoms with E-state index in [9.17, 15) is 4.79 Å². The van der Waals surface area contributed by atoms with Gasteiger partial charge in [-0.1, -0.05) is 46.7 Å². The number of carbonyl (C=O) groups excluding carboxylic acids is 1. The van der Waals surface area contributed by atoms with Crippen LogP contribution in [0.1, 0.15) is 0 Å². The minimum absolute atomic E-state index is 0.116. The van der Waals surface area contributed by atoms with Gasteiger partial charge >= 0.3 is 0 Å². The molecule has 0 aliphatic rings. The maximum atomic E-state index is 12.0. The van der Waals surface area contributed by atoms with Crippen LogP contribution in [-0.4, -0.2) is 16.6 Å². The first-order valence-electron chi connectivity index (χ1n) is 6.35. The SMILES string of the molecule is O=C(CSc1ccc(Cl)cc1Cl)Nc1nc2ccccc2s1. The lowest BCUT2D eigenvalue weighted by Crippen LogP contribution is -2.13. The number of hydrogen-bond acceptors (Lipinski definition) is 4. The molecule has 0 aliphatic carbocycles. The van der Waals surface area contributed by atoms with Crippen LogP contribution in [0.2, 0.25) is 10.0 Å². The van der Waals surface area contributed by atoms with Crippen molar-refractivity contribution in [1.82, 2.24) is 4.98 Å². The summed E-state index contributed by atoms with van der Waals surface area (Å²) in [6, 6.07) is 13.0. The topological polar surface area (TPSA) is 42.0 Å². The zero-order valence-electron chi connectivity index (χ0n) is 11.2. The molecule has 1 N–H and O–H groups in total. The predicted octanol–water partition coefficient (Wildman–Crippen LogP) is 5.33. The zero-order valence-corrected chi connectivity index (χ0v) is 14.3. The highest BCUT2D eigenvalue weighted by Crippen LogP contribution is 2.30. The molecule has 3 aromatic rings. The van der Waals surface area contributed by atoms with Gasteiger partial charge in [-0.05, 0) is 30.3 Å². The molecule has 0 radical (unpaired) electrons. The Morgan fingerprint density at radius 1 is 1.23 bits per heavy atom. The summed E-state index contributed by atoms with van der Waals surface area (Å²) in [5, 5.41) is 4.54. The number of hydrogen-bond donors (Lipinski definition) is 1. The number of thioether (sulfide) groups is 1. The summed E-state index contributed by atoms with van der Waals surface area (Å²) in [6.07, 6.45) is 0. The summed E-state index contributed by atoms with van der Waals surface area (Å²) in [5.41, 5.74) is 0.885. The van der Waals surface area contributed by atoms with Crippen molar-refractivity contribution in [2.45, 2.75) is 4.90 Å². The van der Waals surface area contributed by atoms with Crippen LogP contribution in [0.4, 0.5) is 5.13 Å². The third-order valence-electron chi connectivity index (χ3n) is 2.79. The van der Waals surface area contributed by atoms with Gasteiger partial charge in [0.2, 0.25) is 5.91 Å². The van der Waals surface area contributed by atoms with Gasteiger partial charge < -0.3 is 5.32 Å². The zero-order chi connectivity index (χ0) is 15.5. The van der Waals surface area contributed by atoms with Gasteiger partial charge in [-0.15, -0.1) is 11.8 Å². The number of nitrogens with one attached hydrogen (secondary N) is 1. The fraction of sp³-hybridized carbons (Fsp3) is 0.0667.